The minimum atomic E-state index is -4.49. The van der Waals surface area contributed by atoms with Crippen molar-refractivity contribution < 1.29 is 31.1 Å². The SMILES string of the molecule is Cc1nnn(Cc2cc(C(F)(F)F)ccc2CCC(=O)N2CC[C@H](COc3ccc(S(N)(=O)=O)cc3)C2)n1. The van der Waals surface area contributed by atoms with E-state index in [-0.39, 0.29) is 36.1 Å². The highest BCUT2D eigenvalue weighted by Gasteiger charge is 2.31. The van der Waals surface area contributed by atoms with Crippen LogP contribution in [0, 0.1) is 12.8 Å². The molecule has 1 aliphatic rings. The molecule has 0 unspecified atom stereocenters. The fraction of sp³-hybridized carbons (Fsp3) is 0.417. The third-order valence-corrected chi connectivity index (χ3v) is 7.21. The number of halogens is 3. The van der Waals surface area contributed by atoms with Crippen molar-refractivity contribution in [2.45, 2.75) is 43.8 Å². The molecular weight excluding hydrogens is 525 g/mol. The molecule has 10 nitrogen and oxygen atoms in total. The van der Waals surface area contributed by atoms with Crippen LogP contribution in [0.5, 0.6) is 5.75 Å². The number of alkyl halides is 3. The number of carbonyl (C=O) groups is 1. The number of rotatable bonds is 9. The van der Waals surface area contributed by atoms with Crippen LogP contribution in [-0.2, 0) is 34.0 Å². The number of nitrogens with two attached hydrogens (primary N) is 1. The maximum absolute atomic E-state index is 13.3. The number of ether oxygens (including phenoxy) is 1. The minimum Gasteiger partial charge on any atom is -0.493 e. The summed E-state index contributed by atoms with van der Waals surface area (Å²) in [6.45, 7) is 3.05. The maximum Gasteiger partial charge on any atom is 0.416 e. The van der Waals surface area contributed by atoms with Crippen LogP contribution in [0.15, 0.2) is 47.4 Å². The molecule has 0 bridgehead atoms. The molecule has 1 amide bonds. The Morgan fingerprint density at radius 2 is 1.89 bits per heavy atom. The van der Waals surface area contributed by atoms with Gasteiger partial charge in [-0.15, -0.1) is 10.2 Å². The first-order valence-corrected chi connectivity index (χ1v) is 13.4. The standard InChI is InChI=1S/C24H27F3N6O4S/c1-16-29-31-33(30-16)14-19-12-20(24(25,26)27)4-2-18(19)3-9-23(34)32-11-10-17(13-32)15-37-21-5-7-22(8-6-21)38(28,35)36/h2,4-8,12,17H,3,9-11,13-15H2,1H3,(H2,28,35,36)/t17-/m0/s1. The Kier molecular flexibility index (Phi) is 8.02. The number of nitrogens with zero attached hydrogens (tertiary/aromatic N) is 5. The Balaban J connectivity index is 1.33. The van der Waals surface area contributed by atoms with Gasteiger partial charge in [0, 0.05) is 25.4 Å². The Hall–Kier alpha value is -3.52. The van der Waals surface area contributed by atoms with Gasteiger partial charge in [0.15, 0.2) is 5.82 Å². The highest BCUT2D eigenvalue weighted by molar-refractivity contribution is 7.89. The lowest BCUT2D eigenvalue weighted by atomic mass is 9.99. The van der Waals surface area contributed by atoms with E-state index >= 15 is 0 Å². The maximum atomic E-state index is 13.3. The van der Waals surface area contributed by atoms with E-state index in [2.05, 4.69) is 15.4 Å². The van der Waals surface area contributed by atoms with Gasteiger partial charge in [0.2, 0.25) is 15.9 Å². The first kappa shape index (κ1) is 27.5. The summed E-state index contributed by atoms with van der Waals surface area (Å²) in [6, 6.07) is 9.26. The number of benzene rings is 2. The van der Waals surface area contributed by atoms with Gasteiger partial charge in [-0.05, 0) is 72.5 Å². The average Bonchev–Trinajstić information content (AvgIpc) is 3.50. The van der Waals surface area contributed by atoms with Gasteiger partial charge in [-0.3, -0.25) is 4.79 Å². The molecule has 1 aliphatic heterocycles. The van der Waals surface area contributed by atoms with E-state index < -0.39 is 21.8 Å². The Morgan fingerprint density at radius 3 is 2.53 bits per heavy atom. The predicted molar refractivity (Wildman–Crippen MR) is 129 cm³/mol. The molecule has 204 valence electrons. The van der Waals surface area contributed by atoms with Gasteiger partial charge in [-0.2, -0.15) is 18.0 Å². The number of sulfonamides is 1. The normalized spacial score (nSPS) is 16.1. The van der Waals surface area contributed by atoms with Gasteiger partial charge in [0.05, 0.1) is 23.6 Å². The number of carbonyl (C=O) groups excluding carboxylic acids is 1. The van der Waals surface area contributed by atoms with Crippen LogP contribution < -0.4 is 9.88 Å². The molecule has 3 aromatic rings. The van der Waals surface area contributed by atoms with Crippen LogP contribution in [0.25, 0.3) is 0 Å². The molecule has 2 aromatic carbocycles. The summed E-state index contributed by atoms with van der Waals surface area (Å²) in [5.74, 6) is 0.904. The molecular formula is C24H27F3N6O4S. The molecule has 1 atom stereocenters. The third-order valence-electron chi connectivity index (χ3n) is 6.28. The zero-order valence-electron chi connectivity index (χ0n) is 20.6. The minimum absolute atomic E-state index is 0.00800. The van der Waals surface area contributed by atoms with E-state index in [0.29, 0.717) is 42.4 Å². The van der Waals surface area contributed by atoms with Crippen molar-refractivity contribution in [1.29, 1.82) is 0 Å². The van der Waals surface area contributed by atoms with E-state index in [1.54, 1.807) is 11.8 Å². The highest BCUT2D eigenvalue weighted by atomic mass is 32.2. The summed E-state index contributed by atoms with van der Waals surface area (Å²) in [5, 5.41) is 16.7. The fourth-order valence-corrected chi connectivity index (χ4v) is 4.79. The molecule has 4 rings (SSSR count). The van der Waals surface area contributed by atoms with Crippen molar-refractivity contribution in [1.82, 2.24) is 25.1 Å². The van der Waals surface area contributed by atoms with Crippen LogP contribution >= 0.6 is 0 Å². The van der Waals surface area contributed by atoms with Crippen molar-refractivity contribution in [3.05, 3.63) is 65.0 Å². The van der Waals surface area contributed by atoms with Crippen molar-refractivity contribution in [3.8, 4) is 5.75 Å². The second-order valence-electron chi connectivity index (χ2n) is 9.17. The van der Waals surface area contributed by atoms with Crippen LogP contribution in [0.4, 0.5) is 13.2 Å². The Morgan fingerprint density at radius 1 is 1.16 bits per heavy atom. The number of amides is 1. The van der Waals surface area contributed by atoms with Crippen LogP contribution in [-0.4, -0.2) is 59.1 Å². The second kappa shape index (κ2) is 11.1. The average molecular weight is 553 g/mol. The number of aromatic nitrogens is 4. The van der Waals surface area contributed by atoms with Gasteiger partial charge in [0.25, 0.3) is 0 Å². The molecule has 0 aliphatic carbocycles. The summed E-state index contributed by atoms with van der Waals surface area (Å²) in [4.78, 5) is 15.8. The zero-order valence-corrected chi connectivity index (χ0v) is 21.4. The molecule has 2 heterocycles. The monoisotopic (exact) mass is 552 g/mol. The third kappa shape index (κ3) is 7.07. The van der Waals surface area contributed by atoms with Crippen molar-refractivity contribution >= 4 is 15.9 Å². The van der Waals surface area contributed by atoms with Crippen LogP contribution in [0.1, 0.15) is 35.4 Å². The summed E-state index contributed by atoms with van der Waals surface area (Å²) in [6.07, 6.45) is -3.34. The zero-order chi connectivity index (χ0) is 27.5. The molecule has 1 saturated heterocycles. The predicted octanol–water partition coefficient (Wildman–Crippen LogP) is 2.56. The number of primary sulfonamides is 1. The summed E-state index contributed by atoms with van der Waals surface area (Å²) in [7, 11) is -3.78. The lowest BCUT2D eigenvalue weighted by Gasteiger charge is -2.18. The lowest BCUT2D eigenvalue weighted by Crippen LogP contribution is -2.29. The highest BCUT2D eigenvalue weighted by Crippen LogP contribution is 2.31. The van der Waals surface area contributed by atoms with E-state index in [9.17, 15) is 26.4 Å². The molecule has 0 radical (unpaired) electrons. The second-order valence-corrected chi connectivity index (χ2v) is 10.7. The summed E-state index contributed by atoms with van der Waals surface area (Å²) < 4.78 is 68.3. The van der Waals surface area contributed by atoms with E-state index in [4.69, 9.17) is 9.88 Å². The van der Waals surface area contributed by atoms with Gasteiger partial charge >= 0.3 is 6.18 Å². The van der Waals surface area contributed by atoms with Crippen molar-refractivity contribution in [3.63, 3.8) is 0 Å². The number of hydrogen-bond acceptors (Lipinski definition) is 7. The first-order chi connectivity index (χ1) is 17.9. The molecule has 38 heavy (non-hydrogen) atoms. The van der Waals surface area contributed by atoms with Gasteiger partial charge in [0.1, 0.15) is 5.75 Å². The number of tetrazole rings is 1. The van der Waals surface area contributed by atoms with E-state index in [0.717, 1.165) is 18.6 Å². The van der Waals surface area contributed by atoms with Gasteiger partial charge in [-0.25, -0.2) is 13.6 Å². The molecule has 2 N–H and O–H groups in total. The fourth-order valence-electron chi connectivity index (χ4n) is 4.27. The molecule has 14 heteroatoms. The topological polar surface area (TPSA) is 133 Å². The van der Waals surface area contributed by atoms with Crippen LogP contribution in [0.2, 0.25) is 0 Å². The largest absolute Gasteiger partial charge is 0.493 e. The summed E-state index contributed by atoms with van der Waals surface area (Å²) in [5.41, 5.74) is 0.218. The quantitative estimate of drug-likeness (QED) is 0.431. The van der Waals surface area contributed by atoms with E-state index in [1.807, 2.05) is 0 Å². The van der Waals surface area contributed by atoms with Gasteiger partial charge < -0.3 is 9.64 Å². The number of aryl methyl sites for hydroxylation is 2. The summed E-state index contributed by atoms with van der Waals surface area (Å²) >= 11 is 0. The first-order valence-electron chi connectivity index (χ1n) is 11.9. The molecule has 0 saturated carbocycles. The number of likely N-dealkylation sites (tertiary alicyclic amines) is 1. The van der Waals surface area contributed by atoms with E-state index in [1.165, 1.54) is 35.1 Å². The van der Waals surface area contributed by atoms with Crippen molar-refractivity contribution in [2.75, 3.05) is 19.7 Å². The molecule has 0 spiro atoms. The molecule has 1 fully saturated rings. The van der Waals surface area contributed by atoms with Gasteiger partial charge in [-0.1, -0.05) is 6.07 Å². The van der Waals surface area contributed by atoms with Crippen molar-refractivity contribution in [2.24, 2.45) is 11.1 Å². The Bertz CT molecular complexity index is 1390. The molecule has 1 aromatic heterocycles. The smallest absolute Gasteiger partial charge is 0.416 e. The lowest BCUT2D eigenvalue weighted by molar-refractivity contribution is -0.137. The Labute approximate surface area is 217 Å². The van der Waals surface area contributed by atoms with Crippen LogP contribution in [0.3, 0.4) is 0 Å². The number of hydrogen-bond donors (Lipinski definition) is 1.